The zero-order valence-electron chi connectivity index (χ0n) is 14.4. The summed E-state index contributed by atoms with van der Waals surface area (Å²) < 4.78 is 0. The Morgan fingerprint density at radius 1 is 1.33 bits per heavy atom. The van der Waals surface area contributed by atoms with Crippen LogP contribution in [0.15, 0.2) is 0 Å². The maximum Gasteiger partial charge on any atom is 0.234 e. The van der Waals surface area contributed by atoms with E-state index in [4.69, 9.17) is 5.73 Å². The van der Waals surface area contributed by atoms with Gasteiger partial charge in [0.1, 0.15) is 0 Å². The minimum absolute atomic E-state index is 0.152. The van der Waals surface area contributed by atoms with E-state index in [2.05, 4.69) is 37.9 Å². The number of likely N-dealkylation sites (tertiary alicyclic amines) is 1. The van der Waals surface area contributed by atoms with Crippen LogP contribution in [0.2, 0.25) is 0 Å². The molecule has 4 heteroatoms. The van der Waals surface area contributed by atoms with Crippen LogP contribution in [0.1, 0.15) is 59.8 Å². The number of hydrogen-bond acceptors (Lipinski definition) is 3. The summed E-state index contributed by atoms with van der Waals surface area (Å²) in [5.41, 5.74) is 5.90. The highest BCUT2D eigenvalue weighted by Gasteiger charge is 2.28. The summed E-state index contributed by atoms with van der Waals surface area (Å²) >= 11 is 0. The summed E-state index contributed by atoms with van der Waals surface area (Å²) in [5, 5.41) is 3.13. The Balaban J connectivity index is 2.36. The molecule has 3 unspecified atom stereocenters. The molecule has 21 heavy (non-hydrogen) atoms. The van der Waals surface area contributed by atoms with Crippen LogP contribution in [0.3, 0.4) is 0 Å². The Morgan fingerprint density at radius 2 is 2.05 bits per heavy atom. The fraction of sp³-hybridized carbons (Fsp3) is 0.941. The van der Waals surface area contributed by atoms with Gasteiger partial charge in [-0.1, -0.05) is 27.2 Å². The second-order valence-electron chi connectivity index (χ2n) is 7.10. The lowest BCUT2D eigenvalue weighted by atomic mass is 9.89. The first-order chi connectivity index (χ1) is 9.96. The van der Waals surface area contributed by atoms with Crippen molar-refractivity contribution in [2.45, 2.75) is 71.9 Å². The molecular weight excluding hydrogens is 262 g/mol. The number of piperidine rings is 1. The SMILES string of the molecule is CCC1CCN(CC(=O)NC(C)CCC(C)C)C(CN)C1. The van der Waals surface area contributed by atoms with Crippen LogP contribution in [0.5, 0.6) is 0 Å². The first-order valence-electron chi connectivity index (χ1n) is 8.69. The standard InChI is InChI=1S/C17H35N3O/c1-5-15-8-9-20(16(10-15)11-18)12-17(21)19-14(4)7-6-13(2)3/h13-16H,5-12,18H2,1-4H3,(H,19,21). The Bertz CT molecular complexity index is 306. The molecule has 0 bridgehead atoms. The third-order valence-electron chi connectivity index (χ3n) is 4.73. The molecule has 3 atom stereocenters. The number of nitrogens with one attached hydrogen (secondary N) is 1. The van der Waals surface area contributed by atoms with E-state index in [0.717, 1.165) is 31.7 Å². The molecule has 1 saturated heterocycles. The van der Waals surface area contributed by atoms with Gasteiger partial charge in [0.2, 0.25) is 5.91 Å². The van der Waals surface area contributed by atoms with Gasteiger partial charge in [-0.25, -0.2) is 0 Å². The number of nitrogens with zero attached hydrogens (tertiary/aromatic N) is 1. The quantitative estimate of drug-likeness (QED) is 0.723. The van der Waals surface area contributed by atoms with Gasteiger partial charge in [-0.2, -0.15) is 0 Å². The van der Waals surface area contributed by atoms with Crippen molar-refractivity contribution in [3.8, 4) is 0 Å². The van der Waals surface area contributed by atoms with Crippen LogP contribution in [0, 0.1) is 11.8 Å². The maximum absolute atomic E-state index is 12.2. The van der Waals surface area contributed by atoms with Gasteiger partial charge in [-0.05, 0) is 51.0 Å². The molecule has 1 rings (SSSR count). The van der Waals surface area contributed by atoms with Crippen molar-refractivity contribution in [2.24, 2.45) is 17.6 Å². The van der Waals surface area contributed by atoms with Gasteiger partial charge in [0, 0.05) is 18.6 Å². The highest BCUT2D eigenvalue weighted by atomic mass is 16.2. The lowest BCUT2D eigenvalue weighted by Crippen LogP contribution is -2.51. The van der Waals surface area contributed by atoms with Crippen LogP contribution in [0.25, 0.3) is 0 Å². The molecule has 1 aliphatic heterocycles. The van der Waals surface area contributed by atoms with Crippen molar-refractivity contribution < 1.29 is 4.79 Å². The lowest BCUT2D eigenvalue weighted by Gasteiger charge is -2.38. The topological polar surface area (TPSA) is 58.4 Å². The molecule has 0 aromatic heterocycles. The number of hydrogen-bond donors (Lipinski definition) is 2. The molecule has 1 aliphatic rings. The zero-order chi connectivity index (χ0) is 15.8. The molecule has 0 aromatic rings. The smallest absolute Gasteiger partial charge is 0.234 e. The molecule has 1 amide bonds. The molecule has 0 spiro atoms. The summed E-state index contributed by atoms with van der Waals surface area (Å²) in [6, 6.07) is 0.643. The van der Waals surface area contributed by atoms with Crippen molar-refractivity contribution >= 4 is 5.91 Å². The summed E-state index contributed by atoms with van der Waals surface area (Å²) in [4.78, 5) is 14.5. The largest absolute Gasteiger partial charge is 0.353 e. The van der Waals surface area contributed by atoms with E-state index in [1.165, 1.54) is 12.8 Å². The van der Waals surface area contributed by atoms with E-state index in [9.17, 15) is 4.79 Å². The van der Waals surface area contributed by atoms with E-state index >= 15 is 0 Å². The minimum atomic E-state index is 0.152. The molecule has 0 aliphatic carbocycles. The van der Waals surface area contributed by atoms with Crippen LogP contribution < -0.4 is 11.1 Å². The van der Waals surface area contributed by atoms with Crippen molar-refractivity contribution in [2.75, 3.05) is 19.6 Å². The van der Waals surface area contributed by atoms with E-state index in [-0.39, 0.29) is 11.9 Å². The number of carbonyl (C=O) groups is 1. The summed E-state index contributed by atoms with van der Waals surface area (Å²) in [5.74, 6) is 1.63. The molecule has 0 aromatic carbocycles. The van der Waals surface area contributed by atoms with E-state index in [1.807, 2.05) is 0 Å². The van der Waals surface area contributed by atoms with Crippen molar-refractivity contribution in [3.05, 3.63) is 0 Å². The molecule has 3 N–H and O–H groups in total. The maximum atomic E-state index is 12.2. The third-order valence-corrected chi connectivity index (χ3v) is 4.73. The Hall–Kier alpha value is -0.610. The molecule has 1 fully saturated rings. The average Bonchev–Trinajstić information content (AvgIpc) is 2.45. The number of carbonyl (C=O) groups excluding carboxylic acids is 1. The van der Waals surface area contributed by atoms with Crippen LogP contribution in [-0.2, 0) is 4.79 Å². The average molecular weight is 297 g/mol. The van der Waals surface area contributed by atoms with Gasteiger partial charge in [0.05, 0.1) is 6.54 Å². The first-order valence-corrected chi connectivity index (χ1v) is 8.69. The van der Waals surface area contributed by atoms with Crippen molar-refractivity contribution in [1.29, 1.82) is 0 Å². The highest BCUT2D eigenvalue weighted by Crippen LogP contribution is 2.24. The summed E-state index contributed by atoms with van der Waals surface area (Å²) in [7, 11) is 0. The number of amides is 1. The summed E-state index contributed by atoms with van der Waals surface area (Å²) in [6.07, 6.45) is 5.78. The molecular formula is C17H35N3O. The third kappa shape index (κ3) is 6.79. The highest BCUT2D eigenvalue weighted by molar-refractivity contribution is 5.78. The molecule has 4 nitrogen and oxygen atoms in total. The predicted molar refractivity (Wildman–Crippen MR) is 89.1 cm³/mol. The molecule has 0 saturated carbocycles. The van der Waals surface area contributed by atoms with E-state index in [0.29, 0.717) is 25.0 Å². The molecule has 1 heterocycles. The van der Waals surface area contributed by atoms with Gasteiger partial charge in [0.15, 0.2) is 0 Å². The Labute approximate surface area is 130 Å². The normalized spacial score (nSPS) is 25.0. The molecule has 124 valence electrons. The monoisotopic (exact) mass is 297 g/mol. The van der Waals surface area contributed by atoms with E-state index in [1.54, 1.807) is 0 Å². The zero-order valence-corrected chi connectivity index (χ0v) is 14.4. The second kappa shape index (κ2) is 9.42. The number of rotatable bonds is 8. The van der Waals surface area contributed by atoms with Gasteiger partial charge in [0.25, 0.3) is 0 Å². The van der Waals surface area contributed by atoms with Gasteiger partial charge in [-0.15, -0.1) is 0 Å². The van der Waals surface area contributed by atoms with Crippen molar-refractivity contribution in [3.63, 3.8) is 0 Å². The Kier molecular flexibility index (Phi) is 8.27. The van der Waals surface area contributed by atoms with Gasteiger partial charge < -0.3 is 11.1 Å². The fourth-order valence-corrected chi connectivity index (χ4v) is 3.17. The van der Waals surface area contributed by atoms with Crippen molar-refractivity contribution in [1.82, 2.24) is 10.2 Å². The summed E-state index contributed by atoms with van der Waals surface area (Å²) in [6.45, 7) is 11.0. The van der Waals surface area contributed by atoms with E-state index < -0.39 is 0 Å². The second-order valence-corrected chi connectivity index (χ2v) is 7.10. The fourth-order valence-electron chi connectivity index (χ4n) is 3.17. The minimum Gasteiger partial charge on any atom is -0.353 e. The van der Waals surface area contributed by atoms with Gasteiger partial charge >= 0.3 is 0 Å². The number of nitrogens with two attached hydrogens (primary N) is 1. The van der Waals surface area contributed by atoms with Crippen LogP contribution >= 0.6 is 0 Å². The van der Waals surface area contributed by atoms with Crippen LogP contribution in [0.4, 0.5) is 0 Å². The lowest BCUT2D eigenvalue weighted by molar-refractivity contribution is -0.124. The van der Waals surface area contributed by atoms with Gasteiger partial charge in [-0.3, -0.25) is 9.69 Å². The predicted octanol–water partition coefficient (Wildman–Crippen LogP) is 2.38. The molecule has 0 radical (unpaired) electrons. The first kappa shape index (κ1) is 18.4. The Morgan fingerprint density at radius 3 is 2.62 bits per heavy atom. The van der Waals surface area contributed by atoms with Crippen LogP contribution in [-0.4, -0.2) is 42.5 Å².